The smallest absolute Gasteiger partial charge is 0.181 e. The molecule has 3 aromatic rings. The SMILES string of the molecule is C[C@@H](C(=O)c1c[nH]c2ccccc12)N1CCC(Cc2ccccc2)CC1. The van der Waals surface area contributed by atoms with Crippen molar-refractivity contribution in [3.8, 4) is 0 Å². The Morgan fingerprint density at radius 3 is 2.54 bits per heavy atom. The van der Waals surface area contributed by atoms with Crippen LogP contribution in [0.5, 0.6) is 0 Å². The van der Waals surface area contributed by atoms with Crippen LogP contribution in [0.4, 0.5) is 0 Å². The topological polar surface area (TPSA) is 36.1 Å². The minimum absolute atomic E-state index is 0.0631. The van der Waals surface area contributed by atoms with E-state index in [0.29, 0.717) is 0 Å². The van der Waals surface area contributed by atoms with Crippen molar-refractivity contribution in [2.75, 3.05) is 13.1 Å². The summed E-state index contributed by atoms with van der Waals surface area (Å²) in [6.45, 7) is 4.07. The standard InChI is InChI=1S/C23H26N2O/c1-17(23(26)21-16-24-22-10-6-5-9-20(21)22)25-13-11-19(12-14-25)15-18-7-3-2-4-8-18/h2-10,16-17,19,24H,11-15H2,1H3/t17-/m0/s1. The molecule has 0 saturated carbocycles. The summed E-state index contributed by atoms with van der Waals surface area (Å²) in [5.74, 6) is 0.952. The third-order valence-corrected chi connectivity index (χ3v) is 5.80. The van der Waals surface area contributed by atoms with E-state index in [-0.39, 0.29) is 11.8 Å². The number of H-pyrrole nitrogens is 1. The lowest BCUT2D eigenvalue weighted by Gasteiger charge is -2.35. The molecule has 1 aliphatic heterocycles. The highest BCUT2D eigenvalue weighted by Crippen LogP contribution is 2.25. The third-order valence-electron chi connectivity index (χ3n) is 5.80. The van der Waals surface area contributed by atoms with Gasteiger partial charge in [0.15, 0.2) is 5.78 Å². The fourth-order valence-corrected chi connectivity index (χ4v) is 4.16. The maximum Gasteiger partial charge on any atom is 0.181 e. The number of hydrogen-bond acceptors (Lipinski definition) is 2. The van der Waals surface area contributed by atoms with Crippen molar-refractivity contribution in [1.29, 1.82) is 0 Å². The number of para-hydroxylation sites is 1. The molecule has 0 amide bonds. The van der Waals surface area contributed by atoms with E-state index in [4.69, 9.17) is 0 Å². The quantitative estimate of drug-likeness (QED) is 0.680. The molecule has 1 atom stereocenters. The monoisotopic (exact) mass is 346 g/mol. The second-order valence-corrected chi connectivity index (χ2v) is 7.46. The van der Waals surface area contributed by atoms with Crippen molar-refractivity contribution in [3.05, 3.63) is 71.9 Å². The van der Waals surface area contributed by atoms with Crippen LogP contribution in [0.15, 0.2) is 60.8 Å². The first kappa shape index (κ1) is 17.0. The molecule has 0 bridgehead atoms. The molecule has 2 heterocycles. The molecule has 1 saturated heterocycles. The van der Waals surface area contributed by atoms with Gasteiger partial charge in [0, 0.05) is 22.7 Å². The predicted molar refractivity (Wildman–Crippen MR) is 107 cm³/mol. The normalized spacial score (nSPS) is 17.4. The number of likely N-dealkylation sites (tertiary alicyclic amines) is 1. The van der Waals surface area contributed by atoms with E-state index >= 15 is 0 Å². The van der Waals surface area contributed by atoms with Gasteiger partial charge in [-0.2, -0.15) is 0 Å². The second-order valence-electron chi connectivity index (χ2n) is 7.46. The number of hydrogen-bond donors (Lipinski definition) is 1. The van der Waals surface area contributed by atoms with Crippen molar-refractivity contribution in [2.45, 2.75) is 32.2 Å². The van der Waals surface area contributed by atoms with Crippen LogP contribution in [0.25, 0.3) is 10.9 Å². The van der Waals surface area contributed by atoms with Crippen LogP contribution in [-0.2, 0) is 6.42 Å². The number of nitrogens with one attached hydrogen (secondary N) is 1. The zero-order chi connectivity index (χ0) is 17.9. The summed E-state index contributed by atoms with van der Waals surface area (Å²) in [4.78, 5) is 18.6. The van der Waals surface area contributed by atoms with Gasteiger partial charge >= 0.3 is 0 Å². The predicted octanol–water partition coefficient (Wildman–Crippen LogP) is 4.69. The van der Waals surface area contributed by atoms with Crippen LogP contribution in [0.1, 0.15) is 35.7 Å². The number of aromatic nitrogens is 1. The van der Waals surface area contributed by atoms with Crippen LogP contribution < -0.4 is 0 Å². The average Bonchev–Trinajstić information content (AvgIpc) is 3.12. The number of aromatic amines is 1. The van der Waals surface area contributed by atoms with Gasteiger partial charge in [0.25, 0.3) is 0 Å². The lowest BCUT2D eigenvalue weighted by atomic mass is 9.89. The molecular weight excluding hydrogens is 320 g/mol. The zero-order valence-electron chi connectivity index (χ0n) is 15.3. The van der Waals surface area contributed by atoms with Crippen molar-refractivity contribution in [3.63, 3.8) is 0 Å². The first-order chi connectivity index (χ1) is 12.7. The molecule has 1 fully saturated rings. The van der Waals surface area contributed by atoms with Gasteiger partial charge in [-0.25, -0.2) is 0 Å². The highest BCUT2D eigenvalue weighted by atomic mass is 16.1. The molecule has 26 heavy (non-hydrogen) atoms. The Balaban J connectivity index is 1.39. The maximum atomic E-state index is 13.0. The number of rotatable bonds is 5. The molecule has 134 valence electrons. The van der Waals surface area contributed by atoms with Gasteiger partial charge in [-0.3, -0.25) is 9.69 Å². The van der Waals surface area contributed by atoms with E-state index in [9.17, 15) is 4.79 Å². The fourth-order valence-electron chi connectivity index (χ4n) is 4.16. The van der Waals surface area contributed by atoms with Gasteiger partial charge in [-0.15, -0.1) is 0 Å². The summed E-state index contributed by atoms with van der Waals surface area (Å²) in [5.41, 5.74) is 3.28. The second kappa shape index (κ2) is 7.46. The van der Waals surface area contributed by atoms with E-state index in [2.05, 4.69) is 47.1 Å². The van der Waals surface area contributed by atoms with Gasteiger partial charge in [-0.05, 0) is 56.8 Å². The summed E-state index contributed by atoms with van der Waals surface area (Å²) >= 11 is 0. The van der Waals surface area contributed by atoms with Crippen molar-refractivity contribution < 1.29 is 4.79 Å². The maximum absolute atomic E-state index is 13.0. The summed E-state index contributed by atoms with van der Waals surface area (Å²) < 4.78 is 0. The first-order valence-electron chi connectivity index (χ1n) is 9.60. The fraction of sp³-hybridized carbons (Fsp3) is 0.348. The molecule has 0 spiro atoms. The number of ketones is 1. The molecule has 0 aliphatic carbocycles. The van der Waals surface area contributed by atoms with Gasteiger partial charge in [0.2, 0.25) is 0 Å². The Hall–Kier alpha value is -2.39. The lowest BCUT2D eigenvalue weighted by molar-refractivity contribution is 0.0773. The van der Waals surface area contributed by atoms with E-state index < -0.39 is 0 Å². The minimum Gasteiger partial charge on any atom is -0.360 e. The van der Waals surface area contributed by atoms with Gasteiger partial charge in [-0.1, -0.05) is 48.5 Å². The molecule has 1 aliphatic rings. The van der Waals surface area contributed by atoms with Gasteiger partial charge in [0.1, 0.15) is 0 Å². The number of Topliss-reactive ketones (excluding diaryl/α,β-unsaturated/α-hetero) is 1. The van der Waals surface area contributed by atoms with E-state index in [0.717, 1.165) is 41.9 Å². The van der Waals surface area contributed by atoms with E-state index in [1.807, 2.05) is 30.5 Å². The number of carbonyl (C=O) groups is 1. The van der Waals surface area contributed by atoms with Crippen LogP contribution in [0, 0.1) is 5.92 Å². The van der Waals surface area contributed by atoms with Gasteiger partial charge < -0.3 is 4.98 Å². The highest BCUT2D eigenvalue weighted by molar-refractivity contribution is 6.10. The molecule has 1 N–H and O–H groups in total. The van der Waals surface area contributed by atoms with Crippen LogP contribution in [0.3, 0.4) is 0 Å². The summed E-state index contributed by atoms with van der Waals surface area (Å²) in [6.07, 6.45) is 5.35. The highest BCUT2D eigenvalue weighted by Gasteiger charge is 2.28. The molecule has 4 rings (SSSR count). The van der Waals surface area contributed by atoms with E-state index in [1.54, 1.807) is 0 Å². The Morgan fingerprint density at radius 2 is 1.77 bits per heavy atom. The van der Waals surface area contributed by atoms with E-state index in [1.165, 1.54) is 18.4 Å². The Morgan fingerprint density at radius 1 is 1.08 bits per heavy atom. The molecule has 0 unspecified atom stereocenters. The third kappa shape index (κ3) is 3.45. The first-order valence-corrected chi connectivity index (χ1v) is 9.60. The Kier molecular flexibility index (Phi) is 4.89. The zero-order valence-corrected chi connectivity index (χ0v) is 15.3. The number of carbonyl (C=O) groups excluding carboxylic acids is 1. The Labute approximate surface area is 155 Å². The van der Waals surface area contributed by atoms with Crippen LogP contribution >= 0.6 is 0 Å². The molecular formula is C23H26N2O. The average molecular weight is 346 g/mol. The molecule has 3 nitrogen and oxygen atoms in total. The summed E-state index contributed by atoms with van der Waals surface area (Å²) in [5, 5.41) is 1.03. The van der Waals surface area contributed by atoms with Crippen LogP contribution in [0.2, 0.25) is 0 Å². The number of benzene rings is 2. The molecule has 2 aromatic carbocycles. The van der Waals surface area contributed by atoms with Crippen molar-refractivity contribution >= 4 is 16.7 Å². The van der Waals surface area contributed by atoms with Gasteiger partial charge in [0.05, 0.1) is 6.04 Å². The van der Waals surface area contributed by atoms with Crippen molar-refractivity contribution in [1.82, 2.24) is 9.88 Å². The lowest BCUT2D eigenvalue weighted by Crippen LogP contribution is -2.44. The Bertz CT molecular complexity index is 875. The molecule has 1 aromatic heterocycles. The molecule has 3 heteroatoms. The number of piperidine rings is 1. The number of nitrogens with zero attached hydrogens (tertiary/aromatic N) is 1. The van der Waals surface area contributed by atoms with Crippen LogP contribution in [-0.4, -0.2) is 34.8 Å². The molecule has 0 radical (unpaired) electrons. The van der Waals surface area contributed by atoms with Crippen molar-refractivity contribution in [2.24, 2.45) is 5.92 Å². The summed E-state index contributed by atoms with van der Waals surface area (Å²) in [7, 11) is 0. The number of fused-ring (bicyclic) bond motifs is 1. The summed E-state index contributed by atoms with van der Waals surface area (Å²) in [6, 6.07) is 18.7. The minimum atomic E-state index is -0.0631. The largest absolute Gasteiger partial charge is 0.360 e.